The van der Waals surface area contributed by atoms with E-state index in [0.717, 1.165) is 38.7 Å². The summed E-state index contributed by atoms with van der Waals surface area (Å²) in [6.07, 6.45) is 0. The number of rotatable bonds is 4. The molecule has 6 nitrogen and oxygen atoms in total. The van der Waals surface area contributed by atoms with Gasteiger partial charge in [-0.25, -0.2) is 17.7 Å². The molecule has 0 saturated heterocycles. The Labute approximate surface area is 180 Å². The van der Waals surface area contributed by atoms with Crippen LogP contribution in [0.15, 0.2) is 57.7 Å². The van der Waals surface area contributed by atoms with E-state index in [0.29, 0.717) is 0 Å². The fourth-order valence-electron chi connectivity index (χ4n) is 2.58. The molecule has 0 aliphatic heterocycles. The van der Waals surface area contributed by atoms with Crippen LogP contribution in [0.2, 0.25) is 5.02 Å². The molecule has 3 rings (SSSR count). The number of aliphatic hydroxyl groups is 1. The SMILES string of the molecule is CO.Cc1ccccc1N=c1scc(-c2ccc(Cl)c(S(=O)(=O)N(C)C)c2)n1C. The minimum atomic E-state index is -3.63. The van der Waals surface area contributed by atoms with Gasteiger partial charge in [0.25, 0.3) is 0 Å². The lowest BCUT2D eigenvalue weighted by Gasteiger charge is -2.14. The first-order chi connectivity index (χ1) is 13.7. The van der Waals surface area contributed by atoms with Crippen LogP contribution in [0.4, 0.5) is 5.69 Å². The van der Waals surface area contributed by atoms with Crippen LogP contribution < -0.4 is 4.80 Å². The molecule has 9 heteroatoms. The van der Waals surface area contributed by atoms with Crippen molar-refractivity contribution in [3.05, 3.63) is 63.2 Å². The largest absolute Gasteiger partial charge is 0.400 e. The van der Waals surface area contributed by atoms with Crippen LogP contribution in [0.5, 0.6) is 0 Å². The third-order valence-corrected chi connectivity index (χ3v) is 7.46. The van der Waals surface area contributed by atoms with E-state index in [2.05, 4.69) is 0 Å². The highest BCUT2D eigenvalue weighted by Crippen LogP contribution is 2.30. The third kappa shape index (κ3) is 4.96. The second-order valence-electron chi connectivity index (χ2n) is 6.29. The van der Waals surface area contributed by atoms with Crippen molar-refractivity contribution < 1.29 is 13.5 Å². The topological polar surface area (TPSA) is 74.9 Å². The Hall–Kier alpha value is -1.97. The number of para-hydroxylation sites is 1. The zero-order chi connectivity index (χ0) is 21.8. The first kappa shape index (κ1) is 23.3. The van der Waals surface area contributed by atoms with Gasteiger partial charge in [-0.2, -0.15) is 0 Å². The molecule has 29 heavy (non-hydrogen) atoms. The van der Waals surface area contributed by atoms with E-state index < -0.39 is 10.0 Å². The Bertz CT molecular complexity index is 1170. The van der Waals surface area contributed by atoms with E-state index in [-0.39, 0.29) is 9.92 Å². The van der Waals surface area contributed by atoms with E-state index in [1.165, 1.54) is 25.4 Å². The zero-order valence-corrected chi connectivity index (χ0v) is 19.3. The van der Waals surface area contributed by atoms with E-state index in [9.17, 15) is 8.42 Å². The number of hydrogen-bond acceptors (Lipinski definition) is 5. The Balaban J connectivity index is 0.00000145. The highest BCUT2D eigenvalue weighted by atomic mass is 35.5. The molecule has 0 atom stereocenters. The molecule has 0 spiro atoms. The van der Waals surface area contributed by atoms with Gasteiger partial charge in [-0.15, -0.1) is 11.3 Å². The predicted octanol–water partition coefficient (Wildman–Crippen LogP) is 3.81. The quantitative estimate of drug-likeness (QED) is 0.652. The van der Waals surface area contributed by atoms with Crippen molar-refractivity contribution in [2.75, 3.05) is 21.2 Å². The van der Waals surface area contributed by atoms with Gasteiger partial charge in [0, 0.05) is 39.2 Å². The van der Waals surface area contributed by atoms with Crippen molar-refractivity contribution in [2.24, 2.45) is 12.0 Å². The van der Waals surface area contributed by atoms with Crippen LogP contribution in [0.1, 0.15) is 5.56 Å². The Kier molecular flexibility index (Phi) is 7.79. The first-order valence-electron chi connectivity index (χ1n) is 8.64. The molecule has 1 N–H and O–H groups in total. The average Bonchev–Trinajstić information content (AvgIpc) is 3.06. The van der Waals surface area contributed by atoms with Crippen molar-refractivity contribution in [1.82, 2.24) is 8.87 Å². The van der Waals surface area contributed by atoms with Crippen LogP contribution in [-0.4, -0.2) is 43.6 Å². The number of aromatic nitrogens is 1. The number of nitrogens with zero attached hydrogens (tertiary/aromatic N) is 3. The van der Waals surface area contributed by atoms with Crippen molar-refractivity contribution in [2.45, 2.75) is 11.8 Å². The number of aliphatic hydroxyl groups excluding tert-OH is 1. The molecule has 1 heterocycles. The summed E-state index contributed by atoms with van der Waals surface area (Å²) in [5.74, 6) is 0. The fourth-order valence-corrected chi connectivity index (χ4v) is 4.89. The number of halogens is 1. The van der Waals surface area contributed by atoms with E-state index >= 15 is 0 Å². The molecule has 2 aromatic carbocycles. The predicted molar refractivity (Wildman–Crippen MR) is 119 cm³/mol. The second kappa shape index (κ2) is 9.69. The lowest BCUT2D eigenvalue weighted by molar-refractivity contribution is 0.399. The molecule has 0 fully saturated rings. The standard InChI is InChI=1S/C19H20ClN3O2S2.CH4O/c1-13-7-5-6-8-16(13)21-19-23(4)17(12-26-19)14-9-10-15(20)18(11-14)27(24,25)22(2)3;1-2/h5-12H,1-4H3;2H,1H3. The molecule has 0 unspecified atom stereocenters. The second-order valence-corrected chi connectivity index (χ2v) is 9.66. The Morgan fingerprint density at radius 3 is 2.41 bits per heavy atom. The maximum Gasteiger partial charge on any atom is 0.244 e. The van der Waals surface area contributed by atoms with Crippen LogP contribution in [0.3, 0.4) is 0 Å². The molecule has 0 aliphatic rings. The van der Waals surface area contributed by atoms with Gasteiger partial charge in [0.15, 0.2) is 4.80 Å². The molecule has 0 aliphatic carbocycles. The van der Waals surface area contributed by atoms with E-state index in [1.54, 1.807) is 12.1 Å². The van der Waals surface area contributed by atoms with Crippen LogP contribution in [0.25, 0.3) is 11.3 Å². The maximum atomic E-state index is 12.5. The summed E-state index contributed by atoms with van der Waals surface area (Å²) in [5, 5.41) is 9.17. The normalized spacial score (nSPS) is 12.1. The number of aryl methyl sites for hydroxylation is 1. The van der Waals surface area contributed by atoms with Gasteiger partial charge in [0.05, 0.1) is 16.4 Å². The Morgan fingerprint density at radius 1 is 1.14 bits per heavy atom. The summed E-state index contributed by atoms with van der Waals surface area (Å²) in [6.45, 7) is 2.02. The van der Waals surface area contributed by atoms with Crippen LogP contribution in [-0.2, 0) is 17.1 Å². The Morgan fingerprint density at radius 2 is 1.79 bits per heavy atom. The molecular weight excluding hydrogens is 430 g/mol. The van der Waals surface area contributed by atoms with Crippen molar-refractivity contribution in [1.29, 1.82) is 0 Å². The van der Waals surface area contributed by atoms with Gasteiger partial charge in [-0.05, 0) is 30.7 Å². The monoisotopic (exact) mass is 453 g/mol. The number of sulfonamides is 1. The smallest absolute Gasteiger partial charge is 0.244 e. The summed E-state index contributed by atoms with van der Waals surface area (Å²) < 4.78 is 28.2. The van der Waals surface area contributed by atoms with Crippen molar-refractivity contribution >= 4 is 38.6 Å². The van der Waals surface area contributed by atoms with Crippen molar-refractivity contribution in [3.8, 4) is 11.3 Å². The van der Waals surface area contributed by atoms with Crippen molar-refractivity contribution in [3.63, 3.8) is 0 Å². The highest BCUT2D eigenvalue weighted by molar-refractivity contribution is 7.89. The summed E-state index contributed by atoms with van der Waals surface area (Å²) in [6, 6.07) is 13.0. The van der Waals surface area contributed by atoms with Crippen LogP contribution in [0, 0.1) is 6.92 Å². The summed E-state index contributed by atoms with van der Waals surface area (Å²) >= 11 is 7.66. The molecule has 156 valence electrons. The van der Waals surface area contributed by atoms with Gasteiger partial charge >= 0.3 is 0 Å². The van der Waals surface area contributed by atoms with Gasteiger partial charge in [-0.1, -0.05) is 35.9 Å². The maximum absolute atomic E-state index is 12.5. The van der Waals surface area contributed by atoms with E-state index in [1.807, 2.05) is 54.3 Å². The highest BCUT2D eigenvalue weighted by Gasteiger charge is 2.22. The molecule has 1 aromatic heterocycles. The molecule has 0 amide bonds. The minimum absolute atomic E-state index is 0.0928. The number of hydrogen-bond donors (Lipinski definition) is 1. The first-order valence-corrected chi connectivity index (χ1v) is 11.3. The van der Waals surface area contributed by atoms with Gasteiger partial charge < -0.3 is 9.67 Å². The summed E-state index contributed by atoms with van der Waals surface area (Å²) in [4.78, 5) is 5.65. The van der Waals surface area contributed by atoms with E-state index in [4.69, 9.17) is 21.7 Å². The summed E-state index contributed by atoms with van der Waals surface area (Å²) in [7, 11) is 2.26. The molecule has 0 bridgehead atoms. The number of thiazole rings is 1. The molecule has 3 aromatic rings. The van der Waals surface area contributed by atoms with Gasteiger partial charge in [-0.3, -0.25) is 0 Å². The van der Waals surface area contributed by atoms with Crippen LogP contribution >= 0.6 is 22.9 Å². The molecule has 0 radical (unpaired) electrons. The van der Waals surface area contributed by atoms with Gasteiger partial charge in [0.1, 0.15) is 4.90 Å². The molecule has 0 saturated carbocycles. The summed E-state index contributed by atoms with van der Waals surface area (Å²) in [5.41, 5.74) is 3.65. The fraction of sp³-hybridized carbons (Fsp3) is 0.250. The zero-order valence-electron chi connectivity index (χ0n) is 16.9. The minimum Gasteiger partial charge on any atom is -0.400 e. The van der Waals surface area contributed by atoms with Gasteiger partial charge in [0.2, 0.25) is 10.0 Å². The average molecular weight is 454 g/mol. The number of benzene rings is 2. The molecular formula is C20H24ClN3O3S2. The lowest BCUT2D eigenvalue weighted by Crippen LogP contribution is -2.22. The lowest BCUT2D eigenvalue weighted by atomic mass is 10.2. The third-order valence-electron chi connectivity index (χ3n) is 4.24.